The number of imidazole rings is 1. The van der Waals surface area contributed by atoms with Crippen LogP contribution in [0.4, 0.5) is 11.4 Å². The Morgan fingerprint density at radius 1 is 1.32 bits per heavy atom. The van der Waals surface area contributed by atoms with Crippen molar-refractivity contribution in [2.24, 2.45) is 0 Å². The Morgan fingerprint density at radius 3 is 2.92 bits per heavy atom. The van der Waals surface area contributed by atoms with Crippen LogP contribution in [0.5, 0.6) is 5.75 Å². The second kappa shape index (κ2) is 10.5. The number of aryl methyl sites for hydroxylation is 1. The van der Waals surface area contributed by atoms with Crippen molar-refractivity contribution in [2.45, 2.75) is 26.1 Å². The molecule has 5 rings (SSSR count). The number of nitrogens with zero attached hydrogens (tertiary/aromatic N) is 2. The standard InChI is InChI=1S/C27H30ClN5O4/c1-15-10-18(33-8-9-37-16(2)14-33)12-21-25(15)32-26(31-21)24-20(6-7-29-27(24)35)30-13-22(34)17-4-5-23(36-3)19(28)11-17/h4-7,10-12,16,22,34H,8-9,13-14H2,1-3H3,(H,31,32)(H2,29,30,35)/t16?,22-/m1/s1. The second-order valence-electron chi connectivity index (χ2n) is 9.26. The van der Waals surface area contributed by atoms with Crippen LogP contribution in [0.3, 0.4) is 0 Å². The molecule has 1 saturated heterocycles. The molecule has 0 aliphatic carbocycles. The Labute approximate surface area is 219 Å². The normalized spacial score (nSPS) is 16.7. The monoisotopic (exact) mass is 523 g/mol. The number of methoxy groups -OCH3 is 1. The SMILES string of the molecule is COc1ccc([C@H](O)CNc2cc[nH]c(=O)c2-c2nc3c(C)cc(N4CCOC(C)C4)cc3[nH]2)cc1Cl. The van der Waals surface area contributed by atoms with Crippen molar-refractivity contribution in [1.82, 2.24) is 15.0 Å². The summed E-state index contributed by atoms with van der Waals surface area (Å²) in [6.45, 7) is 6.59. The van der Waals surface area contributed by atoms with Crippen molar-refractivity contribution >= 4 is 34.0 Å². The van der Waals surface area contributed by atoms with Gasteiger partial charge in [-0.25, -0.2) is 4.98 Å². The Bertz CT molecular complexity index is 1480. The molecule has 10 heteroatoms. The van der Waals surface area contributed by atoms with Gasteiger partial charge in [0.25, 0.3) is 5.56 Å². The molecule has 0 radical (unpaired) electrons. The van der Waals surface area contributed by atoms with Gasteiger partial charge in [0.2, 0.25) is 0 Å². The number of rotatable bonds is 7. The first-order chi connectivity index (χ1) is 17.8. The number of fused-ring (bicyclic) bond motifs is 1. The smallest absolute Gasteiger partial charge is 0.261 e. The molecule has 1 fully saturated rings. The first-order valence-corrected chi connectivity index (χ1v) is 12.6. The van der Waals surface area contributed by atoms with Crippen LogP contribution in [0.15, 0.2) is 47.4 Å². The second-order valence-corrected chi connectivity index (χ2v) is 9.67. The molecule has 0 bridgehead atoms. The fourth-order valence-corrected chi connectivity index (χ4v) is 4.97. The zero-order valence-electron chi connectivity index (χ0n) is 21.0. The van der Waals surface area contributed by atoms with E-state index in [1.807, 2.05) is 6.92 Å². The number of aliphatic hydroxyl groups is 1. The highest BCUT2D eigenvalue weighted by atomic mass is 35.5. The largest absolute Gasteiger partial charge is 0.495 e. The fraction of sp³-hybridized carbons (Fsp3) is 0.333. The number of hydrogen-bond donors (Lipinski definition) is 4. The number of anilines is 2. The fourth-order valence-electron chi connectivity index (χ4n) is 4.70. The number of ether oxygens (including phenoxy) is 2. The van der Waals surface area contributed by atoms with Gasteiger partial charge in [0, 0.05) is 31.5 Å². The van der Waals surface area contributed by atoms with Crippen LogP contribution in [0.25, 0.3) is 22.4 Å². The number of halogens is 1. The molecule has 37 heavy (non-hydrogen) atoms. The summed E-state index contributed by atoms with van der Waals surface area (Å²) < 4.78 is 10.9. The van der Waals surface area contributed by atoms with E-state index in [0.717, 1.165) is 35.4 Å². The molecule has 1 aliphatic rings. The highest BCUT2D eigenvalue weighted by Crippen LogP contribution is 2.31. The average molecular weight is 524 g/mol. The summed E-state index contributed by atoms with van der Waals surface area (Å²) in [6.07, 6.45) is 0.881. The maximum absolute atomic E-state index is 12.9. The van der Waals surface area contributed by atoms with Crippen LogP contribution in [0.1, 0.15) is 24.2 Å². The number of aromatic amines is 2. The molecular formula is C27H30ClN5O4. The number of H-pyrrole nitrogens is 2. The zero-order chi connectivity index (χ0) is 26.1. The van der Waals surface area contributed by atoms with E-state index < -0.39 is 6.10 Å². The van der Waals surface area contributed by atoms with Gasteiger partial charge in [-0.1, -0.05) is 17.7 Å². The topological polar surface area (TPSA) is 116 Å². The summed E-state index contributed by atoms with van der Waals surface area (Å²) in [6, 6.07) is 11.1. The third kappa shape index (κ3) is 5.16. The van der Waals surface area contributed by atoms with Gasteiger partial charge in [-0.05, 0) is 55.3 Å². The van der Waals surface area contributed by atoms with Crippen LogP contribution in [-0.2, 0) is 4.74 Å². The van der Waals surface area contributed by atoms with Crippen LogP contribution in [0, 0.1) is 6.92 Å². The molecule has 3 heterocycles. The zero-order valence-corrected chi connectivity index (χ0v) is 21.7. The lowest BCUT2D eigenvalue weighted by Crippen LogP contribution is -2.41. The first kappa shape index (κ1) is 25.1. The highest BCUT2D eigenvalue weighted by Gasteiger charge is 2.20. The van der Waals surface area contributed by atoms with Crippen LogP contribution < -0.4 is 20.5 Å². The van der Waals surface area contributed by atoms with E-state index in [-0.39, 0.29) is 18.2 Å². The Hall–Kier alpha value is -3.53. The molecule has 194 valence electrons. The number of nitrogens with one attached hydrogen (secondary N) is 3. The van der Waals surface area contributed by atoms with E-state index in [9.17, 15) is 9.90 Å². The van der Waals surface area contributed by atoms with Crippen molar-refractivity contribution < 1.29 is 14.6 Å². The summed E-state index contributed by atoms with van der Waals surface area (Å²) in [7, 11) is 1.54. The van der Waals surface area contributed by atoms with Gasteiger partial charge in [-0.2, -0.15) is 0 Å². The Morgan fingerprint density at radius 2 is 2.16 bits per heavy atom. The Kier molecular flexibility index (Phi) is 7.10. The van der Waals surface area contributed by atoms with Crippen molar-refractivity contribution in [2.75, 3.05) is 43.6 Å². The van der Waals surface area contributed by atoms with Gasteiger partial charge in [-0.15, -0.1) is 0 Å². The first-order valence-electron chi connectivity index (χ1n) is 12.2. The number of hydrogen-bond acceptors (Lipinski definition) is 7. The third-order valence-electron chi connectivity index (χ3n) is 6.61. The molecule has 1 unspecified atom stereocenters. The minimum absolute atomic E-state index is 0.164. The maximum atomic E-state index is 12.9. The summed E-state index contributed by atoms with van der Waals surface area (Å²) in [5.41, 5.74) is 5.05. The van der Waals surface area contributed by atoms with E-state index in [4.69, 9.17) is 26.1 Å². The van der Waals surface area contributed by atoms with Crippen molar-refractivity contribution in [1.29, 1.82) is 0 Å². The van der Waals surface area contributed by atoms with Gasteiger partial charge in [-0.3, -0.25) is 4.79 Å². The van der Waals surface area contributed by atoms with E-state index in [1.165, 1.54) is 7.11 Å². The molecule has 2 aromatic heterocycles. The predicted octanol–water partition coefficient (Wildman–Crippen LogP) is 4.26. The van der Waals surface area contributed by atoms with Gasteiger partial charge < -0.3 is 34.8 Å². The molecule has 0 saturated carbocycles. The van der Waals surface area contributed by atoms with Crippen molar-refractivity contribution in [3.8, 4) is 17.1 Å². The quantitative estimate of drug-likeness (QED) is 0.286. The van der Waals surface area contributed by atoms with Gasteiger partial charge in [0.15, 0.2) is 0 Å². The van der Waals surface area contributed by atoms with Crippen LogP contribution >= 0.6 is 11.6 Å². The van der Waals surface area contributed by atoms with Gasteiger partial charge >= 0.3 is 0 Å². The van der Waals surface area contributed by atoms with Crippen molar-refractivity contribution in [3.63, 3.8) is 0 Å². The van der Waals surface area contributed by atoms with Gasteiger partial charge in [0.05, 0.1) is 47.7 Å². The lowest BCUT2D eigenvalue weighted by molar-refractivity contribution is 0.0532. The molecule has 2 aromatic carbocycles. The summed E-state index contributed by atoms with van der Waals surface area (Å²) >= 11 is 6.21. The Balaban J connectivity index is 1.43. The molecule has 4 aromatic rings. The lowest BCUT2D eigenvalue weighted by atomic mass is 10.1. The lowest BCUT2D eigenvalue weighted by Gasteiger charge is -2.33. The molecular weight excluding hydrogens is 494 g/mol. The van der Waals surface area contributed by atoms with Gasteiger partial charge in [0.1, 0.15) is 17.1 Å². The maximum Gasteiger partial charge on any atom is 0.261 e. The van der Waals surface area contributed by atoms with E-state index in [0.29, 0.717) is 40.0 Å². The average Bonchev–Trinajstić information content (AvgIpc) is 3.31. The number of aliphatic hydroxyl groups excluding tert-OH is 1. The number of benzene rings is 2. The molecule has 2 atom stereocenters. The van der Waals surface area contributed by atoms with E-state index >= 15 is 0 Å². The van der Waals surface area contributed by atoms with Crippen LogP contribution in [-0.4, -0.2) is 59.5 Å². The summed E-state index contributed by atoms with van der Waals surface area (Å²) in [5, 5.41) is 14.4. The van der Waals surface area contributed by atoms with E-state index in [1.54, 1.807) is 30.5 Å². The number of pyridine rings is 1. The third-order valence-corrected chi connectivity index (χ3v) is 6.91. The minimum Gasteiger partial charge on any atom is -0.495 e. The molecule has 0 amide bonds. The number of aromatic nitrogens is 3. The molecule has 4 N–H and O–H groups in total. The molecule has 0 spiro atoms. The predicted molar refractivity (Wildman–Crippen MR) is 146 cm³/mol. The summed E-state index contributed by atoms with van der Waals surface area (Å²) in [5.74, 6) is 0.992. The minimum atomic E-state index is -0.855. The van der Waals surface area contributed by atoms with Crippen LogP contribution in [0.2, 0.25) is 5.02 Å². The summed E-state index contributed by atoms with van der Waals surface area (Å²) in [4.78, 5) is 26.1. The molecule has 9 nitrogen and oxygen atoms in total. The number of morpholine rings is 1. The highest BCUT2D eigenvalue weighted by molar-refractivity contribution is 6.32. The van der Waals surface area contributed by atoms with Crippen molar-refractivity contribution in [3.05, 3.63) is 69.1 Å². The van der Waals surface area contributed by atoms with E-state index in [2.05, 4.69) is 39.2 Å². The molecule has 1 aliphatic heterocycles.